The number of carboxylic acids is 1. The number of carbonyl (C=O) groups is 2. The van der Waals surface area contributed by atoms with E-state index in [1.807, 2.05) is 37.3 Å². The molecule has 1 unspecified atom stereocenters. The van der Waals surface area contributed by atoms with Gasteiger partial charge in [-0.05, 0) is 17.9 Å². The fourth-order valence-electron chi connectivity index (χ4n) is 1.86. The predicted octanol–water partition coefficient (Wildman–Crippen LogP) is 2.24. The molecular formula is C15H21NO3. The zero-order chi connectivity index (χ0) is 14.1. The molecule has 0 aromatic heterocycles. The summed E-state index contributed by atoms with van der Waals surface area (Å²) in [5.74, 6) is -0.823. The Kier molecular flexibility index (Phi) is 6.64. The number of carbonyl (C=O) groups excluding carboxylic acids is 1. The van der Waals surface area contributed by atoms with Crippen molar-refractivity contribution in [3.63, 3.8) is 0 Å². The van der Waals surface area contributed by atoms with Gasteiger partial charge in [-0.2, -0.15) is 0 Å². The molecule has 0 spiro atoms. The molecule has 1 aromatic carbocycles. The number of carboxylic acid groups (broad SMARTS) is 1. The summed E-state index contributed by atoms with van der Waals surface area (Å²) in [7, 11) is 0. The zero-order valence-electron chi connectivity index (χ0n) is 11.3. The lowest BCUT2D eigenvalue weighted by molar-refractivity contribution is -0.138. The molecule has 1 atom stereocenters. The Morgan fingerprint density at radius 1 is 1.26 bits per heavy atom. The Morgan fingerprint density at radius 2 is 1.95 bits per heavy atom. The van der Waals surface area contributed by atoms with E-state index in [-0.39, 0.29) is 18.2 Å². The van der Waals surface area contributed by atoms with Crippen LogP contribution in [0, 0.1) is 5.92 Å². The molecular weight excluding hydrogens is 242 g/mol. The molecule has 0 saturated carbocycles. The molecule has 1 amide bonds. The fourth-order valence-corrected chi connectivity index (χ4v) is 1.86. The number of nitrogens with one attached hydrogen (secondary N) is 1. The Balaban J connectivity index is 2.25. The zero-order valence-corrected chi connectivity index (χ0v) is 11.3. The van der Waals surface area contributed by atoms with Crippen molar-refractivity contribution in [3.05, 3.63) is 35.9 Å². The van der Waals surface area contributed by atoms with Crippen LogP contribution in [0.15, 0.2) is 30.3 Å². The highest BCUT2D eigenvalue weighted by Crippen LogP contribution is 2.07. The highest BCUT2D eigenvalue weighted by Gasteiger charge is 2.12. The third-order valence-corrected chi connectivity index (χ3v) is 3.11. The molecule has 0 aliphatic rings. The third-order valence-electron chi connectivity index (χ3n) is 3.11. The van der Waals surface area contributed by atoms with E-state index in [0.29, 0.717) is 19.4 Å². The van der Waals surface area contributed by atoms with E-state index in [1.165, 1.54) is 0 Å². The second-order valence-corrected chi connectivity index (χ2v) is 4.66. The normalized spacial score (nSPS) is 11.8. The van der Waals surface area contributed by atoms with Gasteiger partial charge in [-0.15, -0.1) is 0 Å². The molecule has 0 fully saturated rings. The lowest BCUT2D eigenvalue weighted by Gasteiger charge is -2.13. The van der Waals surface area contributed by atoms with Gasteiger partial charge in [0.15, 0.2) is 0 Å². The molecule has 2 N–H and O–H groups in total. The van der Waals surface area contributed by atoms with Crippen molar-refractivity contribution in [3.8, 4) is 0 Å². The number of hydrogen-bond donors (Lipinski definition) is 2. The second-order valence-electron chi connectivity index (χ2n) is 4.66. The maximum atomic E-state index is 11.7. The van der Waals surface area contributed by atoms with Crippen LogP contribution < -0.4 is 5.32 Å². The molecule has 0 aliphatic carbocycles. The van der Waals surface area contributed by atoms with Gasteiger partial charge in [0.25, 0.3) is 0 Å². The molecule has 1 rings (SSSR count). The monoisotopic (exact) mass is 263 g/mol. The van der Waals surface area contributed by atoms with Crippen molar-refractivity contribution in [2.45, 2.75) is 32.6 Å². The van der Waals surface area contributed by atoms with Crippen molar-refractivity contribution in [1.29, 1.82) is 0 Å². The van der Waals surface area contributed by atoms with Gasteiger partial charge in [-0.3, -0.25) is 9.59 Å². The first-order chi connectivity index (χ1) is 9.11. The summed E-state index contributed by atoms with van der Waals surface area (Å²) in [5.41, 5.74) is 1.13. The minimum Gasteiger partial charge on any atom is -0.481 e. The first kappa shape index (κ1) is 15.2. The maximum absolute atomic E-state index is 11.7. The van der Waals surface area contributed by atoms with E-state index in [4.69, 9.17) is 5.11 Å². The van der Waals surface area contributed by atoms with Gasteiger partial charge < -0.3 is 10.4 Å². The van der Waals surface area contributed by atoms with Crippen LogP contribution in [0.5, 0.6) is 0 Å². The maximum Gasteiger partial charge on any atom is 0.303 e. The van der Waals surface area contributed by atoms with Crippen LogP contribution in [-0.2, 0) is 16.0 Å². The van der Waals surface area contributed by atoms with Crippen LogP contribution in [0.1, 0.15) is 31.7 Å². The van der Waals surface area contributed by atoms with Gasteiger partial charge >= 0.3 is 5.97 Å². The van der Waals surface area contributed by atoms with E-state index < -0.39 is 5.97 Å². The lowest BCUT2D eigenvalue weighted by atomic mass is 10.0. The van der Waals surface area contributed by atoms with Crippen molar-refractivity contribution in [1.82, 2.24) is 5.32 Å². The van der Waals surface area contributed by atoms with Gasteiger partial charge in [0.2, 0.25) is 5.91 Å². The molecule has 104 valence electrons. The molecule has 19 heavy (non-hydrogen) atoms. The quantitative estimate of drug-likeness (QED) is 0.756. The summed E-state index contributed by atoms with van der Waals surface area (Å²) in [4.78, 5) is 22.3. The van der Waals surface area contributed by atoms with Crippen LogP contribution >= 0.6 is 0 Å². The number of amides is 1. The minimum atomic E-state index is -0.814. The second kappa shape index (κ2) is 8.29. The number of aryl methyl sites for hydroxylation is 1. The van der Waals surface area contributed by atoms with Crippen LogP contribution in [0.25, 0.3) is 0 Å². The van der Waals surface area contributed by atoms with Gasteiger partial charge in [0.05, 0.1) is 0 Å². The Bertz CT molecular complexity index is 403. The number of rotatable bonds is 8. The summed E-state index contributed by atoms with van der Waals surface area (Å²) < 4.78 is 0. The Labute approximate surface area is 113 Å². The third kappa shape index (κ3) is 6.60. The number of benzene rings is 1. The van der Waals surface area contributed by atoms with E-state index in [2.05, 4.69) is 5.32 Å². The minimum absolute atomic E-state index is 0.0122. The van der Waals surface area contributed by atoms with Gasteiger partial charge in [0.1, 0.15) is 0 Å². The number of hydrogen-bond acceptors (Lipinski definition) is 2. The van der Waals surface area contributed by atoms with Gasteiger partial charge in [-0.25, -0.2) is 0 Å². The standard InChI is InChI=1S/C15H21NO3/c1-2-12(10-15(18)19)11-16-14(17)9-8-13-6-4-3-5-7-13/h3-7,12H,2,8-11H2,1H3,(H,16,17)(H,18,19). The highest BCUT2D eigenvalue weighted by atomic mass is 16.4. The summed E-state index contributed by atoms with van der Waals surface area (Å²) >= 11 is 0. The van der Waals surface area contributed by atoms with Crippen LogP contribution in [-0.4, -0.2) is 23.5 Å². The van der Waals surface area contributed by atoms with E-state index in [0.717, 1.165) is 12.0 Å². The van der Waals surface area contributed by atoms with Gasteiger partial charge in [0, 0.05) is 19.4 Å². The molecule has 4 heteroatoms. The molecule has 1 aromatic rings. The molecule has 0 bridgehead atoms. The number of aliphatic carboxylic acids is 1. The SMILES string of the molecule is CCC(CNC(=O)CCc1ccccc1)CC(=O)O. The molecule has 0 saturated heterocycles. The van der Waals surface area contributed by atoms with Crippen LogP contribution in [0.4, 0.5) is 0 Å². The largest absolute Gasteiger partial charge is 0.481 e. The van der Waals surface area contributed by atoms with Crippen LogP contribution in [0.3, 0.4) is 0 Å². The fraction of sp³-hybridized carbons (Fsp3) is 0.467. The van der Waals surface area contributed by atoms with Crippen molar-refractivity contribution in [2.24, 2.45) is 5.92 Å². The molecule has 0 heterocycles. The Hall–Kier alpha value is -1.84. The molecule has 0 radical (unpaired) electrons. The smallest absolute Gasteiger partial charge is 0.303 e. The highest BCUT2D eigenvalue weighted by molar-refractivity contribution is 5.76. The summed E-state index contributed by atoms with van der Waals surface area (Å²) in [6, 6.07) is 9.83. The van der Waals surface area contributed by atoms with Crippen molar-refractivity contribution >= 4 is 11.9 Å². The summed E-state index contributed by atoms with van der Waals surface area (Å²) in [5, 5.41) is 11.5. The predicted molar refractivity (Wildman–Crippen MR) is 73.8 cm³/mol. The first-order valence-corrected chi connectivity index (χ1v) is 6.64. The summed E-state index contributed by atoms with van der Waals surface area (Å²) in [6.07, 6.45) is 2.01. The topological polar surface area (TPSA) is 66.4 Å². The summed E-state index contributed by atoms with van der Waals surface area (Å²) in [6.45, 7) is 2.38. The lowest BCUT2D eigenvalue weighted by Crippen LogP contribution is -2.30. The average Bonchev–Trinajstić information content (AvgIpc) is 2.42. The average molecular weight is 263 g/mol. The van der Waals surface area contributed by atoms with Crippen molar-refractivity contribution < 1.29 is 14.7 Å². The molecule has 4 nitrogen and oxygen atoms in total. The van der Waals surface area contributed by atoms with Gasteiger partial charge in [-0.1, -0.05) is 43.7 Å². The van der Waals surface area contributed by atoms with E-state index in [9.17, 15) is 9.59 Å². The van der Waals surface area contributed by atoms with Crippen molar-refractivity contribution in [2.75, 3.05) is 6.54 Å². The van der Waals surface area contributed by atoms with Crippen LogP contribution in [0.2, 0.25) is 0 Å². The van der Waals surface area contributed by atoms with E-state index >= 15 is 0 Å². The Morgan fingerprint density at radius 3 is 2.53 bits per heavy atom. The van der Waals surface area contributed by atoms with E-state index in [1.54, 1.807) is 0 Å². The molecule has 0 aliphatic heterocycles. The first-order valence-electron chi connectivity index (χ1n) is 6.64.